The lowest BCUT2D eigenvalue weighted by Gasteiger charge is -2.29. The fraction of sp³-hybridized carbons (Fsp3) is 0.900. The summed E-state index contributed by atoms with van der Waals surface area (Å²) in [4.78, 5) is 11.3. The minimum atomic E-state index is -0.663. The van der Waals surface area contributed by atoms with E-state index < -0.39 is 5.54 Å². The van der Waals surface area contributed by atoms with Crippen molar-refractivity contribution in [2.45, 2.75) is 45.7 Å². The number of carbonyl (C=O) groups excluding carboxylic acids is 1. The van der Waals surface area contributed by atoms with E-state index in [2.05, 4.69) is 5.32 Å². The van der Waals surface area contributed by atoms with E-state index in [1.54, 1.807) is 0 Å². The van der Waals surface area contributed by atoms with Gasteiger partial charge in [0.1, 0.15) is 0 Å². The summed E-state index contributed by atoms with van der Waals surface area (Å²) in [6, 6.07) is 0.231. The van der Waals surface area contributed by atoms with Crippen LogP contribution >= 0.6 is 0 Å². The first kappa shape index (κ1) is 13.4. The molecule has 0 radical (unpaired) electrons. The van der Waals surface area contributed by atoms with Gasteiger partial charge in [-0.05, 0) is 34.1 Å². The number of hydrogen-bond acceptors (Lipinski definition) is 3. The molecule has 4 nitrogen and oxygen atoms in total. The molecule has 0 heterocycles. The molecule has 0 saturated carbocycles. The number of carbonyl (C=O) groups is 1. The molecule has 0 aromatic carbocycles. The Morgan fingerprint density at radius 1 is 1.57 bits per heavy atom. The van der Waals surface area contributed by atoms with Crippen LogP contribution in [0, 0.1) is 0 Å². The molecule has 0 aliphatic heterocycles. The van der Waals surface area contributed by atoms with Crippen molar-refractivity contribution in [1.82, 2.24) is 5.32 Å². The number of amides is 1. The summed E-state index contributed by atoms with van der Waals surface area (Å²) in [7, 11) is 0. The van der Waals surface area contributed by atoms with Gasteiger partial charge in [0.2, 0.25) is 5.91 Å². The number of nitrogens with two attached hydrogens (primary N) is 1. The Morgan fingerprint density at radius 3 is 2.50 bits per heavy atom. The van der Waals surface area contributed by atoms with Crippen LogP contribution < -0.4 is 11.1 Å². The van der Waals surface area contributed by atoms with Gasteiger partial charge in [-0.1, -0.05) is 0 Å². The van der Waals surface area contributed by atoms with Crippen LogP contribution in [-0.2, 0) is 9.53 Å². The van der Waals surface area contributed by atoms with Crippen molar-refractivity contribution in [3.8, 4) is 0 Å². The second-order valence-electron chi connectivity index (χ2n) is 3.94. The molecule has 0 aliphatic rings. The highest BCUT2D eigenvalue weighted by Gasteiger charge is 2.30. The summed E-state index contributed by atoms with van der Waals surface area (Å²) in [6.07, 6.45) is 0.606. The molecule has 0 aliphatic carbocycles. The molecule has 14 heavy (non-hydrogen) atoms. The number of primary amides is 1. The molecule has 0 rings (SSSR count). The van der Waals surface area contributed by atoms with E-state index in [4.69, 9.17) is 10.5 Å². The summed E-state index contributed by atoms with van der Waals surface area (Å²) in [5, 5.41) is 3.16. The minimum absolute atomic E-state index is 0.231. The molecule has 3 N–H and O–H groups in total. The van der Waals surface area contributed by atoms with Crippen LogP contribution in [0.3, 0.4) is 0 Å². The van der Waals surface area contributed by atoms with E-state index in [1.165, 1.54) is 0 Å². The maximum absolute atomic E-state index is 11.3. The summed E-state index contributed by atoms with van der Waals surface area (Å²) in [6.45, 7) is 8.93. The quantitative estimate of drug-likeness (QED) is 0.596. The molecule has 0 spiro atoms. The van der Waals surface area contributed by atoms with E-state index >= 15 is 0 Å². The third-order valence-corrected chi connectivity index (χ3v) is 2.10. The van der Waals surface area contributed by atoms with Crippen LogP contribution in [0.2, 0.25) is 0 Å². The summed E-state index contributed by atoms with van der Waals surface area (Å²) in [5.74, 6) is -0.328. The molecule has 4 heteroatoms. The number of rotatable bonds is 7. The lowest BCUT2D eigenvalue weighted by atomic mass is 9.96. The van der Waals surface area contributed by atoms with Gasteiger partial charge in [-0.25, -0.2) is 0 Å². The second-order valence-corrected chi connectivity index (χ2v) is 3.94. The molecule has 84 valence electrons. The van der Waals surface area contributed by atoms with Crippen LogP contribution in [0.15, 0.2) is 0 Å². The zero-order valence-corrected chi connectivity index (χ0v) is 9.59. The molecular formula is C10H22N2O2. The highest BCUT2D eigenvalue weighted by molar-refractivity contribution is 5.84. The SMILES string of the molecule is CCOCCC(C)(NC(C)C)C(N)=O. The largest absolute Gasteiger partial charge is 0.382 e. The van der Waals surface area contributed by atoms with Crippen molar-refractivity contribution < 1.29 is 9.53 Å². The maximum atomic E-state index is 11.3. The standard InChI is InChI=1S/C10H22N2O2/c1-5-14-7-6-10(4,9(11)13)12-8(2)3/h8,12H,5-7H2,1-4H3,(H2,11,13). The van der Waals surface area contributed by atoms with Crippen molar-refractivity contribution >= 4 is 5.91 Å². The van der Waals surface area contributed by atoms with Gasteiger partial charge < -0.3 is 15.8 Å². The molecule has 0 aromatic rings. The van der Waals surface area contributed by atoms with Crippen molar-refractivity contribution in [2.24, 2.45) is 5.73 Å². The minimum Gasteiger partial charge on any atom is -0.382 e. The normalized spacial score (nSPS) is 15.5. The highest BCUT2D eigenvalue weighted by Crippen LogP contribution is 2.10. The van der Waals surface area contributed by atoms with Crippen LogP contribution in [-0.4, -0.2) is 30.7 Å². The Hall–Kier alpha value is -0.610. The lowest BCUT2D eigenvalue weighted by Crippen LogP contribution is -2.56. The first-order valence-electron chi connectivity index (χ1n) is 5.07. The zero-order chi connectivity index (χ0) is 11.2. The molecular weight excluding hydrogens is 180 g/mol. The third-order valence-electron chi connectivity index (χ3n) is 2.10. The Bertz CT molecular complexity index is 183. The topological polar surface area (TPSA) is 64.3 Å². The average molecular weight is 202 g/mol. The van der Waals surface area contributed by atoms with Gasteiger partial charge in [0.15, 0.2) is 0 Å². The van der Waals surface area contributed by atoms with Gasteiger partial charge >= 0.3 is 0 Å². The molecule has 0 aromatic heterocycles. The van der Waals surface area contributed by atoms with Crippen LogP contribution in [0.1, 0.15) is 34.1 Å². The monoisotopic (exact) mass is 202 g/mol. The predicted molar refractivity (Wildman–Crippen MR) is 57.0 cm³/mol. The molecule has 0 fully saturated rings. The Kier molecular flexibility index (Phi) is 5.72. The zero-order valence-electron chi connectivity index (χ0n) is 9.59. The molecule has 0 bridgehead atoms. The van der Waals surface area contributed by atoms with Crippen molar-refractivity contribution in [2.75, 3.05) is 13.2 Å². The molecule has 0 saturated heterocycles. The van der Waals surface area contributed by atoms with Crippen molar-refractivity contribution in [3.63, 3.8) is 0 Å². The Balaban J connectivity index is 4.17. The van der Waals surface area contributed by atoms with Gasteiger partial charge in [0.25, 0.3) is 0 Å². The second kappa shape index (κ2) is 5.98. The van der Waals surface area contributed by atoms with Crippen molar-refractivity contribution in [3.05, 3.63) is 0 Å². The van der Waals surface area contributed by atoms with Gasteiger partial charge in [0, 0.05) is 19.3 Å². The maximum Gasteiger partial charge on any atom is 0.237 e. The number of hydrogen-bond donors (Lipinski definition) is 2. The van der Waals surface area contributed by atoms with Gasteiger partial charge in [-0.2, -0.15) is 0 Å². The van der Waals surface area contributed by atoms with Crippen LogP contribution in [0.4, 0.5) is 0 Å². The summed E-state index contributed by atoms with van der Waals surface area (Å²) >= 11 is 0. The van der Waals surface area contributed by atoms with E-state index in [1.807, 2.05) is 27.7 Å². The first-order chi connectivity index (χ1) is 6.42. The predicted octanol–water partition coefficient (Wildman–Crippen LogP) is 0.655. The smallest absolute Gasteiger partial charge is 0.237 e. The fourth-order valence-electron chi connectivity index (χ4n) is 1.32. The van der Waals surface area contributed by atoms with E-state index in [0.717, 1.165) is 0 Å². The average Bonchev–Trinajstić information content (AvgIpc) is 2.03. The first-order valence-corrected chi connectivity index (χ1v) is 5.07. The Morgan fingerprint density at radius 2 is 2.14 bits per heavy atom. The van der Waals surface area contributed by atoms with E-state index in [9.17, 15) is 4.79 Å². The van der Waals surface area contributed by atoms with Gasteiger partial charge in [-0.3, -0.25) is 4.79 Å². The van der Waals surface area contributed by atoms with Gasteiger partial charge in [-0.15, -0.1) is 0 Å². The lowest BCUT2D eigenvalue weighted by molar-refractivity contribution is -0.124. The Labute approximate surface area is 86.2 Å². The third kappa shape index (κ3) is 4.58. The van der Waals surface area contributed by atoms with Gasteiger partial charge in [0.05, 0.1) is 5.54 Å². The summed E-state index contributed by atoms with van der Waals surface area (Å²) in [5.41, 5.74) is 4.68. The summed E-state index contributed by atoms with van der Waals surface area (Å²) < 4.78 is 5.21. The van der Waals surface area contributed by atoms with E-state index in [0.29, 0.717) is 19.6 Å². The molecule has 1 atom stereocenters. The molecule has 1 unspecified atom stereocenters. The van der Waals surface area contributed by atoms with Crippen molar-refractivity contribution in [1.29, 1.82) is 0 Å². The van der Waals surface area contributed by atoms with Crippen LogP contribution in [0.25, 0.3) is 0 Å². The fourth-order valence-corrected chi connectivity index (χ4v) is 1.32. The van der Waals surface area contributed by atoms with E-state index in [-0.39, 0.29) is 11.9 Å². The molecule has 1 amide bonds. The van der Waals surface area contributed by atoms with Crippen LogP contribution in [0.5, 0.6) is 0 Å². The number of nitrogens with one attached hydrogen (secondary N) is 1. The highest BCUT2D eigenvalue weighted by atomic mass is 16.5. The number of ether oxygens (including phenoxy) is 1.